The normalized spacial score (nSPS) is 10.6. The molecule has 0 aliphatic carbocycles. The number of nitrogens with one attached hydrogen (secondary N) is 1. The summed E-state index contributed by atoms with van der Waals surface area (Å²) in [5.74, 6) is -0.800. The Labute approximate surface area is 114 Å². The summed E-state index contributed by atoms with van der Waals surface area (Å²) in [5.41, 5.74) is 1.17. The lowest BCUT2D eigenvalue weighted by molar-refractivity contribution is -0.111. The second-order valence-electron chi connectivity index (χ2n) is 3.73. The van der Waals surface area contributed by atoms with Crippen molar-refractivity contribution in [3.8, 4) is 0 Å². The molecule has 1 amide bonds. The van der Waals surface area contributed by atoms with Gasteiger partial charge in [-0.1, -0.05) is 17.7 Å². The first-order valence-electron chi connectivity index (χ1n) is 5.49. The van der Waals surface area contributed by atoms with Gasteiger partial charge in [0.1, 0.15) is 5.82 Å². The predicted octanol–water partition coefficient (Wildman–Crippen LogP) is 3.53. The minimum absolute atomic E-state index is 0.156. The molecule has 5 heteroatoms. The highest BCUT2D eigenvalue weighted by Crippen LogP contribution is 2.22. The molecule has 2 rings (SSSR count). The van der Waals surface area contributed by atoms with Crippen molar-refractivity contribution in [3.05, 3.63) is 65.2 Å². The zero-order valence-corrected chi connectivity index (χ0v) is 10.6. The minimum Gasteiger partial charge on any atom is -0.321 e. The average molecular weight is 277 g/mol. The molecular weight excluding hydrogens is 267 g/mol. The van der Waals surface area contributed by atoms with Crippen LogP contribution in [-0.2, 0) is 4.79 Å². The Morgan fingerprint density at radius 3 is 2.89 bits per heavy atom. The molecule has 1 aromatic carbocycles. The number of pyridine rings is 1. The summed E-state index contributed by atoms with van der Waals surface area (Å²) in [4.78, 5) is 15.6. The van der Waals surface area contributed by atoms with Crippen LogP contribution in [0.25, 0.3) is 6.08 Å². The van der Waals surface area contributed by atoms with Crippen LogP contribution in [0.2, 0.25) is 5.02 Å². The van der Waals surface area contributed by atoms with Crippen LogP contribution in [0.5, 0.6) is 0 Å². The van der Waals surface area contributed by atoms with Crippen LogP contribution in [0.1, 0.15) is 5.56 Å². The van der Waals surface area contributed by atoms with E-state index in [2.05, 4.69) is 10.3 Å². The molecular formula is C14H10ClFN2O. The second kappa shape index (κ2) is 6.11. The van der Waals surface area contributed by atoms with Gasteiger partial charge < -0.3 is 5.32 Å². The van der Waals surface area contributed by atoms with Gasteiger partial charge in [0, 0.05) is 18.5 Å². The maximum absolute atomic E-state index is 12.8. The Hall–Kier alpha value is -2.20. The van der Waals surface area contributed by atoms with Gasteiger partial charge >= 0.3 is 0 Å². The van der Waals surface area contributed by atoms with Crippen LogP contribution in [0.3, 0.4) is 0 Å². The van der Waals surface area contributed by atoms with E-state index in [1.54, 1.807) is 24.5 Å². The Morgan fingerprint density at radius 2 is 2.21 bits per heavy atom. The Bertz CT molecular complexity index is 614. The summed E-state index contributed by atoms with van der Waals surface area (Å²) in [6.45, 7) is 0. The zero-order chi connectivity index (χ0) is 13.7. The maximum Gasteiger partial charge on any atom is 0.248 e. The number of nitrogens with zero attached hydrogens (tertiary/aromatic N) is 1. The van der Waals surface area contributed by atoms with Gasteiger partial charge in [-0.25, -0.2) is 4.39 Å². The van der Waals surface area contributed by atoms with Crippen molar-refractivity contribution in [1.82, 2.24) is 4.98 Å². The predicted molar refractivity (Wildman–Crippen MR) is 73.3 cm³/mol. The smallest absolute Gasteiger partial charge is 0.248 e. The molecule has 0 bridgehead atoms. The fraction of sp³-hybridized carbons (Fsp3) is 0. The molecule has 1 heterocycles. The number of carbonyl (C=O) groups is 1. The highest BCUT2D eigenvalue weighted by Gasteiger charge is 2.04. The van der Waals surface area contributed by atoms with Gasteiger partial charge in [-0.05, 0) is 35.9 Å². The van der Waals surface area contributed by atoms with E-state index in [1.165, 1.54) is 18.2 Å². The first-order chi connectivity index (χ1) is 9.15. The molecule has 2 aromatic rings. The molecule has 0 saturated heterocycles. The molecule has 0 unspecified atom stereocenters. The van der Waals surface area contributed by atoms with Crippen molar-refractivity contribution in [2.75, 3.05) is 5.32 Å². The second-order valence-corrected chi connectivity index (χ2v) is 4.14. The highest BCUT2D eigenvalue weighted by molar-refractivity contribution is 6.33. The zero-order valence-electron chi connectivity index (χ0n) is 9.81. The third-order valence-corrected chi connectivity index (χ3v) is 2.61. The summed E-state index contributed by atoms with van der Waals surface area (Å²) in [6.07, 6.45) is 6.26. The Morgan fingerprint density at radius 1 is 1.37 bits per heavy atom. The molecule has 0 aliphatic heterocycles. The topological polar surface area (TPSA) is 42.0 Å². The van der Waals surface area contributed by atoms with Crippen molar-refractivity contribution in [1.29, 1.82) is 0 Å². The van der Waals surface area contributed by atoms with Crippen molar-refractivity contribution in [3.63, 3.8) is 0 Å². The van der Waals surface area contributed by atoms with Gasteiger partial charge in [-0.15, -0.1) is 0 Å². The molecule has 0 fully saturated rings. The standard InChI is InChI=1S/C14H10ClFN2O/c15-12-8-11(16)4-5-13(12)18-14(19)6-3-10-2-1-7-17-9-10/h1-9H,(H,18,19). The largest absolute Gasteiger partial charge is 0.321 e. The van der Waals surface area contributed by atoms with Gasteiger partial charge in [0.2, 0.25) is 5.91 Å². The van der Waals surface area contributed by atoms with Crippen molar-refractivity contribution < 1.29 is 9.18 Å². The number of carbonyl (C=O) groups excluding carboxylic acids is 1. The average Bonchev–Trinajstić information content (AvgIpc) is 2.41. The third-order valence-electron chi connectivity index (χ3n) is 2.30. The van der Waals surface area contributed by atoms with E-state index < -0.39 is 5.82 Å². The molecule has 0 aliphatic rings. The number of amides is 1. The lowest BCUT2D eigenvalue weighted by Gasteiger charge is -2.04. The van der Waals surface area contributed by atoms with E-state index in [-0.39, 0.29) is 10.9 Å². The van der Waals surface area contributed by atoms with Crippen molar-refractivity contribution in [2.24, 2.45) is 0 Å². The lowest BCUT2D eigenvalue weighted by Crippen LogP contribution is -2.08. The molecule has 1 N–H and O–H groups in total. The van der Waals surface area contributed by atoms with E-state index in [1.807, 2.05) is 6.07 Å². The van der Waals surface area contributed by atoms with Gasteiger partial charge in [0.05, 0.1) is 10.7 Å². The molecule has 0 atom stereocenters. The number of anilines is 1. The van der Waals surface area contributed by atoms with Gasteiger partial charge in [0.15, 0.2) is 0 Å². The molecule has 0 radical (unpaired) electrons. The molecule has 3 nitrogen and oxygen atoms in total. The summed E-state index contributed by atoms with van der Waals surface area (Å²) in [5, 5.41) is 2.72. The van der Waals surface area contributed by atoms with Crippen LogP contribution in [0.15, 0.2) is 48.8 Å². The highest BCUT2D eigenvalue weighted by atomic mass is 35.5. The summed E-state index contributed by atoms with van der Waals surface area (Å²) in [6, 6.07) is 7.37. The summed E-state index contributed by atoms with van der Waals surface area (Å²) < 4.78 is 12.8. The molecule has 1 aromatic heterocycles. The molecule has 96 valence electrons. The Balaban J connectivity index is 2.04. The van der Waals surface area contributed by atoms with Gasteiger partial charge in [-0.3, -0.25) is 9.78 Å². The lowest BCUT2D eigenvalue weighted by atomic mass is 10.2. The number of aromatic nitrogens is 1. The van der Waals surface area contributed by atoms with E-state index in [9.17, 15) is 9.18 Å². The van der Waals surface area contributed by atoms with E-state index in [0.29, 0.717) is 5.69 Å². The minimum atomic E-state index is -0.450. The quantitative estimate of drug-likeness (QED) is 0.872. The summed E-state index contributed by atoms with van der Waals surface area (Å²) in [7, 11) is 0. The monoisotopic (exact) mass is 276 g/mol. The third kappa shape index (κ3) is 3.89. The van der Waals surface area contributed by atoms with Crippen LogP contribution >= 0.6 is 11.6 Å². The first-order valence-corrected chi connectivity index (χ1v) is 5.87. The van der Waals surface area contributed by atoms with Crippen LogP contribution in [0.4, 0.5) is 10.1 Å². The van der Waals surface area contributed by atoms with E-state index in [0.717, 1.165) is 11.6 Å². The van der Waals surface area contributed by atoms with E-state index in [4.69, 9.17) is 11.6 Å². The first kappa shape index (κ1) is 13.2. The maximum atomic E-state index is 12.8. The summed E-state index contributed by atoms with van der Waals surface area (Å²) >= 11 is 5.80. The SMILES string of the molecule is O=C(C=Cc1cccnc1)Nc1ccc(F)cc1Cl. The van der Waals surface area contributed by atoms with Crippen LogP contribution in [-0.4, -0.2) is 10.9 Å². The number of hydrogen-bond acceptors (Lipinski definition) is 2. The number of rotatable bonds is 3. The van der Waals surface area contributed by atoms with Gasteiger partial charge in [-0.2, -0.15) is 0 Å². The fourth-order valence-corrected chi connectivity index (χ4v) is 1.63. The van der Waals surface area contributed by atoms with Crippen molar-refractivity contribution >= 4 is 29.3 Å². The number of benzene rings is 1. The molecule has 19 heavy (non-hydrogen) atoms. The van der Waals surface area contributed by atoms with E-state index >= 15 is 0 Å². The fourth-order valence-electron chi connectivity index (χ4n) is 1.41. The molecule has 0 saturated carbocycles. The van der Waals surface area contributed by atoms with Crippen molar-refractivity contribution in [2.45, 2.75) is 0 Å². The molecule has 0 spiro atoms. The van der Waals surface area contributed by atoms with Crippen LogP contribution in [0, 0.1) is 5.82 Å². The van der Waals surface area contributed by atoms with Gasteiger partial charge in [0.25, 0.3) is 0 Å². The Kier molecular flexibility index (Phi) is 4.26. The number of halogens is 2. The van der Waals surface area contributed by atoms with Crippen LogP contribution < -0.4 is 5.32 Å². The number of hydrogen-bond donors (Lipinski definition) is 1.